The zero-order valence-electron chi connectivity index (χ0n) is 18.9. The van der Waals surface area contributed by atoms with E-state index < -0.39 is 22.4 Å². The quantitative estimate of drug-likeness (QED) is 0.352. The third-order valence-corrected chi connectivity index (χ3v) is 5.98. The molecule has 0 spiro atoms. The average Bonchev–Trinajstić information content (AvgIpc) is 3.23. The molecule has 0 unspecified atom stereocenters. The molecule has 11 nitrogen and oxygen atoms in total. The Hall–Kier alpha value is -4.12. The van der Waals surface area contributed by atoms with E-state index in [0.717, 1.165) is 12.7 Å². The summed E-state index contributed by atoms with van der Waals surface area (Å²) in [6.07, 6.45) is 0.468. The Morgan fingerprint density at radius 3 is 2.32 bits per heavy atom. The first kappa shape index (κ1) is 23.1. The summed E-state index contributed by atoms with van der Waals surface area (Å²) in [5.74, 6) is -1.26. The highest BCUT2D eigenvalue weighted by Crippen LogP contribution is 2.54. The van der Waals surface area contributed by atoms with Gasteiger partial charge in [0, 0.05) is 18.7 Å². The number of nitro groups is 1. The maximum Gasteiger partial charge on any atom is 0.376 e. The third-order valence-electron chi connectivity index (χ3n) is 5.98. The Morgan fingerprint density at radius 1 is 1.03 bits per heavy atom. The summed E-state index contributed by atoms with van der Waals surface area (Å²) in [5, 5.41) is 13.0. The van der Waals surface area contributed by atoms with Gasteiger partial charge >= 0.3 is 11.9 Å². The topological polar surface area (TPSA) is 127 Å². The van der Waals surface area contributed by atoms with Crippen molar-refractivity contribution >= 4 is 17.6 Å². The van der Waals surface area contributed by atoms with Crippen LogP contribution in [0, 0.1) is 10.1 Å². The molecule has 0 N–H and O–H groups in total. The zero-order chi connectivity index (χ0) is 24.6. The molecule has 1 atom stereocenters. The van der Waals surface area contributed by atoms with Crippen LogP contribution < -0.4 is 9.47 Å². The number of carbonyl (C=O) groups excluding carboxylic acids is 2. The number of carbonyl (C=O) groups is 2. The van der Waals surface area contributed by atoms with Crippen LogP contribution in [-0.4, -0.2) is 56.9 Å². The van der Waals surface area contributed by atoms with Crippen molar-refractivity contribution in [1.82, 2.24) is 5.06 Å². The first-order valence-electron chi connectivity index (χ1n) is 10.2. The van der Waals surface area contributed by atoms with Crippen LogP contribution in [0.2, 0.25) is 0 Å². The second-order valence-corrected chi connectivity index (χ2v) is 7.51. The minimum atomic E-state index is -1.56. The van der Waals surface area contributed by atoms with Crippen molar-refractivity contribution in [3.8, 4) is 11.5 Å². The van der Waals surface area contributed by atoms with Gasteiger partial charge in [-0.05, 0) is 35.2 Å². The molecule has 178 valence electrons. The molecule has 0 aliphatic carbocycles. The van der Waals surface area contributed by atoms with Crippen molar-refractivity contribution in [2.24, 2.45) is 0 Å². The number of benzene rings is 2. The van der Waals surface area contributed by atoms with Gasteiger partial charge in [-0.25, -0.2) is 9.59 Å². The predicted octanol–water partition coefficient (Wildman–Crippen LogP) is 2.26. The maximum atomic E-state index is 13.2. The van der Waals surface area contributed by atoms with Crippen LogP contribution >= 0.6 is 0 Å². The van der Waals surface area contributed by atoms with Gasteiger partial charge in [0.2, 0.25) is 5.76 Å². The molecule has 2 aromatic rings. The van der Waals surface area contributed by atoms with Gasteiger partial charge in [0.1, 0.15) is 11.1 Å². The Labute approximate surface area is 194 Å². The second kappa shape index (κ2) is 8.67. The van der Waals surface area contributed by atoms with Crippen molar-refractivity contribution < 1.29 is 38.3 Å². The lowest BCUT2D eigenvalue weighted by molar-refractivity contribution is -0.385. The fraction of sp³-hybridized carbons (Fsp3) is 0.304. The monoisotopic (exact) mass is 470 g/mol. The number of rotatable bonds is 6. The van der Waals surface area contributed by atoms with E-state index in [-0.39, 0.29) is 23.6 Å². The van der Waals surface area contributed by atoms with Crippen molar-refractivity contribution in [3.63, 3.8) is 0 Å². The number of hydrogen-bond acceptors (Lipinski definition) is 10. The predicted molar refractivity (Wildman–Crippen MR) is 116 cm³/mol. The van der Waals surface area contributed by atoms with Gasteiger partial charge in [0.15, 0.2) is 11.5 Å². The average molecular weight is 470 g/mol. The molecule has 2 aliphatic rings. The Bertz CT molecular complexity index is 1220. The van der Waals surface area contributed by atoms with Crippen LogP contribution in [0.5, 0.6) is 11.5 Å². The molecule has 0 bridgehead atoms. The highest BCUT2D eigenvalue weighted by atomic mass is 16.7. The lowest BCUT2D eigenvalue weighted by Crippen LogP contribution is -2.50. The van der Waals surface area contributed by atoms with E-state index in [1.165, 1.54) is 44.6 Å². The molecule has 2 heterocycles. The Kier molecular flexibility index (Phi) is 5.88. The summed E-state index contributed by atoms with van der Waals surface area (Å²) in [4.78, 5) is 42.8. The molecule has 0 fully saturated rings. The molecule has 2 aliphatic heterocycles. The van der Waals surface area contributed by atoms with E-state index in [0.29, 0.717) is 29.0 Å². The molecule has 0 saturated carbocycles. The fourth-order valence-electron chi connectivity index (χ4n) is 4.55. The van der Waals surface area contributed by atoms with Gasteiger partial charge in [-0.1, -0.05) is 12.1 Å². The number of fused-ring (bicyclic) bond motifs is 3. The van der Waals surface area contributed by atoms with Gasteiger partial charge in [-0.3, -0.25) is 10.1 Å². The number of ether oxygens (including phenoxy) is 4. The largest absolute Gasteiger partial charge is 0.493 e. The first-order valence-corrected chi connectivity index (χ1v) is 10.2. The molecule has 0 aromatic heterocycles. The van der Waals surface area contributed by atoms with Crippen molar-refractivity contribution in [1.29, 1.82) is 0 Å². The molecule has 2 aromatic carbocycles. The minimum Gasteiger partial charge on any atom is -0.493 e. The molecule has 34 heavy (non-hydrogen) atoms. The lowest BCUT2D eigenvalue weighted by atomic mass is 9.72. The lowest BCUT2D eigenvalue weighted by Gasteiger charge is -2.42. The summed E-state index contributed by atoms with van der Waals surface area (Å²) in [6, 6.07) is 9.24. The number of hydroxylamine groups is 2. The van der Waals surface area contributed by atoms with Crippen LogP contribution in [0.3, 0.4) is 0 Å². The number of methoxy groups -OCH3 is 4. The summed E-state index contributed by atoms with van der Waals surface area (Å²) in [5.41, 5.74) is -0.289. The summed E-state index contributed by atoms with van der Waals surface area (Å²) < 4.78 is 20.8. The summed E-state index contributed by atoms with van der Waals surface area (Å²) in [7, 11) is 5.30. The highest BCUT2D eigenvalue weighted by molar-refractivity contribution is 6.02. The molecule has 0 amide bonds. The third kappa shape index (κ3) is 3.24. The molecule has 0 radical (unpaired) electrons. The standard InChI is InChI=1S/C23H22N2O9/c1-30-17-10-13-8-9-24-23(16(13)12-18(17)31-2,14-6-5-7-15(11-14)25(28)29)19(21(26)32-3)20(34-24)22(27)33-4/h5-7,10-12H,8-9H2,1-4H3/t23-/m0/s1. The smallest absolute Gasteiger partial charge is 0.376 e. The van der Waals surface area contributed by atoms with E-state index in [1.807, 2.05) is 0 Å². The van der Waals surface area contributed by atoms with Crippen LogP contribution in [-0.2, 0) is 35.9 Å². The van der Waals surface area contributed by atoms with Gasteiger partial charge < -0.3 is 23.8 Å². The van der Waals surface area contributed by atoms with Crippen molar-refractivity contribution in [3.05, 3.63) is 74.5 Å². The number of nitro benzene ring substituents is 1. The molecular weight excluding hydrogens is 448 g/mol. The molecular formula is C23H22N2O9. The van der Waals surface area contributed by atoms with E-state index in [2.05, 4.69) is 0 Å². The summed E-state index contributed by atoms with van der Waals surface area (Å²) in [6.45, 7) is 0.242. The van der Waals surface area contributed by atoms with E-state index in [4.69, 9.17) is 23.8 Å². The first-order chi connectivity index (χ1) is 16.3. The maximum absolute atomic E-state index is 13.2. The molecule has 4 rings (SSSR count). The van der Waals surface area contributed by atoms with Crippen molar-refractivity contribution in [2.45, 2.75) is 12.0 Å². The minimum absolute atomic E-state index is 0.157. The molecule has 0 saturated heterocycles. The van der Waals surface area contributed by atoms with Crippen LogP contribution in [0.15, 0.2) is 47.7 Å². The van der Waals surface area contributed by atoms with Gasteiger partial charge in [-0.2, -0.15) is 0 Å². The summed E-state index contributed by atoms with van der Waals surface area (Å²) >= 11 is 0. The van der Waals surface area contributed by atoms with Crippen LogP contribution in [0.1, 0.15) is 16.7 Å². The van der Waals surface area contributed by atoms with Gasteiger partial charge in [-0.15, -0.1) is 5.06 Å². The SMILES string of the molecule is COC(=O)C1=C(C(=O)OC)[C@]2(c3cccc([N+](=O)[O-])c3)c3cc(OC)c(OC)cc3CCN2O1. The Morgan fingerprint density at radius 2 is 1.71 bits per heavy atom. The van der Waals surface area contributed by atoms with E-state index in [1.54, 1.807) is 18.2 Å². The van der Waals surface area contributed by atoms with Crippen LogP contribution in [0.25, 0.3) is 0 Å². The van der Waals surface area contributed by atoms with Gasteiger partial charge in [0.05, 0.1) is 33.4 Å². The zero-order valence-corrected chi connectivity index (χ0v) is 18.9. The molecule has 11 heteroatoms. The van der Waals surface area contributed by atoms with Gasteiger partial charge in [0.25, 0.3) is 5.69 Å². The van der Waals surface area contributed by atoms with E-state index in [9.17, 15) is 19.7 Å². The second-order valence-electron chi connectivity index (χ2n) is 7.51. The fourth-order valence-corrected chi connectivity index (χ4v) is 4.55. The van der Waals surface area contributed by atoms with Crippen molar-refractivity contribution in [2.75, 3.05) is 35.0 Å². The number of hydrogen-bond donors (Lipinski definition) is 0. The Balaban J connectivity index is 2.16. The normalized spacial score (nSPS) is 18.9. The number of non-ortho nitro benzene ring substituents is 1. The number of esters is 2. The number of nitrogens with zero attached hydrogens (tertiary/aromatic N) is 2. The highest BCUT2D eigenvalue weighted by Gasteiger charge is 2.60. The van der Waals surface area contributed by atoms with Crippen LogP contribution in [0.4, 0.5) is 5.69 Å². The van der Waals surface area contributed by atoms with E-state index >= 15 is 0 Å².